The van der Waals surface area contributed by atoms with Crippen molar-refractivity contribution >= 4 is 16.9 Å². The Morgan fingerprint density at radius 3 is 2.29 bits per heavy atom. The number of halogens is 3. The molecule has 2 aliphatic carbocycles. The normalized spacial score (nSPS) is 18.8. The number of imidazole rings is 1. The van der Waals surface area contributed by atoms with Crippen LogP contribution in [0.15, 0.2) is 36.4 Å². The van der Waals surface area contributed by atoms with E-state index in [9.17, 15) is 18.0 Å². The molecule has 0 saturated heterocycles. The van der Waals surface area contributed by atoms with Crippen LogP contribution in [0.1, 0.15) is 70.3 Å². The van der Waals surface area contributed by atoms with E-state index in [2.05, 4.69) is 10.3 Å². The molecular formula is C27H30F3N3O. The van der Waals surface area contributed by atoms with Gasteiger partial charge in [-0.15, -0.1) is 0 Å². The number of nitrogens with zero attached hydrogens (tertiary/aromatic N) is 2. The predicted octanol–water partition coefficient (Wildman–Crippen LogP) is 6.69. The van der Waals surface area contributed by atoms with Gasteiger partial charge in [0.25, 0.3) is 0 Å². The third-order valence-corrected chi connectivity index (χ3v) is 7.47. The van der Waals surface area contributed by atoms with Gasteiger partial charge in [0, 0.05) is 6.04 Å². The van der Waals surface area contributed by atoms with E-state index >= 15 is 0 Å². The van der Waals surface area contributed by atoms with Crippen LogP contribution in [0.2, 0.25) is 0 Å². The number of carbonyl (C=O) groups is 1. The molecule has 3 aromatic rings. The summed E-state index contributed by atoms with van der Waals surface area (Å²) in [5.74, 6) is -3.94. The summed E-state index contributed by atoms with van der Waals surface area (Å²) in [7, 11) is 0. The molecule has 0 bridgehead atoms. The summed E-state index contributed by atoms with van der Waals surface area (Å²) >= 11 is 0. The van der Waals surface area contributed by atoms with Gasteiger partial charge in [0.15, 0.2) is 17.5 Å². The molecule has 0 unspecified atom stereocenters. The SMILES string of the molecule is O=C(NC1CCCCC1)[C@H](C1CCCCC1)n1c(-c2ccc(F)c(F)c2F)nc2ccccc21. The molecule has 2 aromatic carbocycles. The van der Waals surface area contributed by atoms with Crippen molar-refractivity contribution in [3.05, 3.63) is 53.8 Å². The Hall–Kier alpha value is -2.83. The largest absolute Gasteiger partial charge is 0.352 e. The highest BCUT2D eigenvalue weighted by molar-refractivity contribution is 5.87. The summed E-state index contributed by atoms with van der Waals surface area (Å²) in [6.45, 7) is 0. The molecule has 1 atom stereocenters. The first-order valence-corrected chi connectivity index (χ1v) is 12.5. The van der Waals surface area contributed by atoms with Gasteiger partial charge in [0.05, 0.1) is 16.6 Å². The highest BCUT2D eigenvalue weighted by Gasteiger charge is 2.36. The van der Waals surface area contributed by atoms with Crippen molar-refractivity contribution in [2.24, 2.45) is 5.92 Å². The second-order valence-electron chi connectivity index (χ2n) is 9.70. The number of benzene rings is 2. The summed E-state index contributed by atoms with van der Waals surface area (Å²) in [5, 5.41) is 3.27. The van der Waals surface area contributed by atoms with Crippen LogP contribution in [-0.2, 0) is 4.79 Å². The number of aromatic nitrogens is 2. The van der Waals surface area contributed by atoms with E-state index in [1.54, 1.807) is 10.6 Å². The van der Waals surface area contributed by atoms with Gasteiger partial charge < -0.3 is 9.88 Å². The fourth-order valence-electron chi connectivity index (χ4n) is 5.74. The Morgan fingerprint density at radius 1 is 0.882 bits per heavy atom. The Bertz CT molecular complexity index is 1180. The number of rotatable bonds is 5. The molecule has 180 valence electrons. The lowest BCUT2D eigenvalue weighted by Crippen LogP contribution is -2.43. The number of para-hydroxylation sites is 2. The topological polar surface area (TPSA) is 46.9 Å². The number of nitrogens with one attached hydrogen (secondary N) is 1. The van der Waals surface area contributed by atoms with Gasteiger partial charge in [-0.25, -0.2) is 18.2 Å². The fraction of sp³-hybridized carbons (Fsp3) is 0.481. The molecule has 1 heterocycles. The molecule has 0 spiro atoms. The average Bonchev–Trinajstić information content (AvgIpc) is 3.23. The van der Waals surface area contributed by atoms with Crippen molar-refractivity contribution in [3.8, 4) is 11.4 Å². The van der Waals surface area contributed by atoms with Crippen molar-refractivity contribution in [1.82, 2.24) is 14.9 Å². The summed E-state index contributed by atoms with van der Waals surface area (Å²) in [4.78, 5) is 18.5. The summed E-state index contributed by atoms with van der Waals surface area (Å²) in [6.07, 6.45) is 10.2. The molecule has 1 N–H and O–H groups in total. The molecule has 0 radical (unpaired) electrons. The first-order valence-electron chi connectivity index (χ1n) is 12.5. The number of carbonyl (C=O) groups excluding carboxylic acids is 1. The van der Waals surface area contributed by atoms with E-state index in [-0.39, 0.29) is 29.3 Å². The standard InChI is InChI=1S/C27H30F3N3O/c28-20-16-15-19(23(29)24(20)30)26-32-21-13-7-8-14-22(21)33(26)25(17-9-3-1-4-10-17)27(34)31-18-11-5-2-6-12-18/h7-8,13-18,25H,1-6,9-12H2,(H,31,34)/t25-/m0/s1. The second-order valence-corrected chi connectivity index (χ2v) is 9.70. The number of fused-ring (bicyclic) bond motifs is 1. The van der Waals surface area contributed by atoms with E-state index in [0.29, 0.717) is 11.0 Å². The van der Waals surface area contributed by atoms with Crippen molar-refractivity contribution < 1.29 is 18.0 Å². The van der Waals surface area contributed by atoms with Gasteiger partial charge >= 0.3 is 0 Å². The van der Waals surface area contributed by atoms with Crippen molar-refractivity contribution in [1.29, 1.82) is 0 Å². The maximum absolute atomic E-state index is 15.0. The molecular weight excluding hydrogens is 439 g/mol. The van der Waals surface area contributed by atoms with Crippen LogP contribution < -0.4 is 5.32 Å². The summed E-state index contributed by atoms with van der Waals surface area (Å²) < 4.78 is 44.7. The smallest absolute Gasteiger partial charge is 0.243 e. The van der Waals surface area contributed by atoms with E-state index in [0.717, 1.165) is 63.9 Å². The predicted molar refractivity (Wildman–Crippen MR) is 126 cm³/mol. The third-order valence-electron chi connectivity index (χ3n) is 7.47. The fourth-order valence-corrected chi connectivity index (χ4v) is 5.74. The van der Waals surface area contributed by atoms with Crippen LogP contribution in [0.25, 0.3) is 22.4 Å². The quantitative estimate of drug-likeness (QED) is 0.423. The van der Waals surface area contributed by atoms with Gasteiger partial charge in [0.1, 0.15) is 11.9 Å². The van der Waals surface area contributed by atoms with E-state index < -0.39 is 23.5 Å². The molecule has 0 aliphatic heterocycles. The molecule has 5 rings (SSSR count). The molecule has 2 aliphatic rings. The minimum Gasteiger partial charge on any atom is -0.352 e. The third kappa shape index (κ3) is 4.32. The zero-order valence-electron chi connectivity index (χ0n) is 19.2. The van der Waals surface area contributed by atoms with Crippen LogP contribution in [0.5, 0.6) is 0 Å². The van der Waals surface area contributed by atoms with Crippen molar-refractivity contribution in [2.45, 2.75) is 76.3 Å². The minimum absolute atomic E-state index is 0.0575. The maximum Gasteiger partial charge on any atom is 0.243 e. The van der Waals surface area contributed by atoms with Gasteiger partial charge in [0.2, 0.25) is 5.91 Å². The zero-order chi connectivity index (χ0) is 23.7. The van der Waals surface area contributed by atoms with Crippen molar-refractivity contribution in [3.63, 3.8) is 0 Å². The Labute approximate surface area is 197 Å². The molecule has 4 nitrogen and oxygen atoms in total. The Balaban J connectivity index is 1.65. The Kier molecular flexibility index (Phi) is 6.61. The summed E-state index contributed by atoms with van der Waals surface area (Å²) in [5.41, 5.74) is 1.14. The van der Waals surface area contributed by atoms with Gasteiger partial charge in [-0.1, -0.05) is 50.7 Å². The highest BCUT2D eigenvalue weighted by atomic mass is 19.2. The summed E-state index contributed by atoms with van der Waals surface area (Å²) in [6, 6.07) is 8.98. The molecule has 1 aromatic heterocycles. The number of amides is 1. The maximum atomic E-state index is 15.0. The van der Waals surface area contributed by atoms with Crippen LogP contribution in [0.3, 0.4) is 0 Å². The number of hydrogen-bond donors (Lipinski definition) is 1. The number of hydrogen-bond acceptors (Lipinski definition) is 2. The van der Waals surface area contributed by atoms with Crippen LogP contribution in [0.4, 0.5) is 13.2 Å². The molecule has 34 heavy (non-hydrogen) atoms. The molecule has 1 amide bonds. The molecule has 2 saturated carbocycles. The van der Waals surface area contributed by atoms with Gasteiger partial charge in [-0.05, 0) is 55.9 Å². The lowest BCUT2D eigenvalue weighted by Gasteiger charge is -2.33. The van der Waals surface area contributed by atoms with Crippen molar-refractivity contribution in [2.75, 3.05) is 0 Å². The first kappa shape index (κ1) is 22.9. The van der Waals surface area contributed by atoms with E-state index in [4.69, 9.17) is 0 Å². The van der Waals surface area contributed by atoms with E-state index in [1.165, 1.54) is 12.5 Å². The minimum atomic E-state index is -1.53. The molecule has 2 fully saturated rings. The first-order chi connectivity index (χ1) is 16.5. The van der Waals surface area contributed by atoms with Gasteiger partial charge in [-0.3, -0.25) is 4.79 Å². The lowest BCUT2D eigenvalue weighted by molar-refractivity contribution is -0.127. The molecule has 7 heteroatoms. The van der Waals surface area contributed by atoms with Crippen LogP contribution in [0, 0.1) is 23.4 Å². The van der Waals surface area contributed by atoms with Crippen LogP contribution in [-0.4, -0.2) is 21.5 Å². The van der Waals surface area contributed by atoms with E-state index in [1.807, 2.05) is 18.2 Å². The zero-order valence-corrected chi connectivity index (χ0v) is 19.2. The average molecular weight is 470 g/mol. The van der Waals surface area contributed by atoms with Crippen LogP contribution >= 0.6 is 0 Å². The van der Waals surface area contributed by atoms with Gasteiger partial charge in [-0.2, -0.15) is 0 Å². The Morgan fingerprint density at radius 2 is 1.56 bits per heavy atom. The lowest BCUT2D eigenvalue weighted by atomic mass is 9.82. The second kappa shape index (κ2) is 9.80. The highest BCUT2D eigenvalue weighted by Crippen LogP contribution is 2.39. The monoisotopic (exact) mass is 469 g/mol.